The number of hydrogen-bond donors (Lipinski definition) is 3. The number of phosphoric acid groups is 2. The molecule has 0 spiro atoms. The fraction of sp³-hybridized carbons (Fsp3) is 0.947. The number of aliphatic hydroxyl groups is 1. The number of rotatable bonds is 72. The molecule has 0 rings (SSSR count). The number of esters is 4. The van der Waals surface area contributed by atoms with Gasteiger partial charge in [-0.05, 0) is 49.4 Å². The fourth-order valence-electron chi connectivity index (χ4n) is 11.3. The monoisotopic (exact) mass is 1380 g/mol. The van der Waals surface area contributed by atoms with Gasteiger partial charge in [0.25, 0.3) is 0 Å². The zero-order valence-electron chi connectivity index (χ0n) is 61.6. The summed E-state index contributed by atoms with van der Waals surface area (Å²) in [6.07, 6.45) is 48.5. The quantitative estimate of drug-likeness (QED) is 0.0222. The summed E-state index contributed by atoms with van der Waals surface area (Å²) in [7, 11) is -9.91. The molecule has 0 aliphatic heterocycles. The molecule has 94 heavy (non-hydrogen) atoms. The lowest BCUT2D eigenvalue weighted by Gasteiger charge is -2.21. The Morgan fingerprint density at radius 3 is 0.755 bits per heavy atom. The van der Waals surface area contributed by atoms with Crippen molar-refractivity contribution in [1.82, 2.24) is 0 Å². The van der Waals surface area contributed by atoms with Gasteiger partial charge in [-0.2, -0.15) is 0 Å². The van der Waals surface area contributed by atoms with Crippen molar-refractivity contribution in [2.45, 2.75) is 395 Å². The summed E-state index contributed by atoms with van der Waals surface area (Å²) in [5.74, 6) is 0.947. The maximum absolute atomic E-state index is 13.1. The van der Waals surface area contributed by atoms with Gasteiger partial charge in [-0.1, -0.05) is 325 Å². The minimum atomic E-state index is -4.96. The Hall–Kier alpha value is -1.94. The largest absolute Gasteiger partial charge is 0.472 e. The molecule has 3 N–H and O–H groups in total. The van der Waals surface area contributed by atoms with E-state index >= 15 is 0 Å². The molecule has 0 aromatic rings. The molecule has 0 fully saturated rings. The molecule has 0 radical (unpaired) electrons. The van der Waals surface area contributed by atoms with Gasteiger partial charge >= 0.3 is 39.5 Å². The Kier molecular flexibility index (Phi) is 63.1. The molecule has 0 aromatic carbocycles. The van der Waals surface area contributed by atoms with Crippen molar-refractivity contribution in [1.29, 1.82) is 0 Å². The highest BCUT2D eigenvalue weighted by Crippen LogP contribution is 2.45. The van der Waals surface area contributed by atoms with E-state index in [-0.39, 0.29) is 25.7 Å². The third-order valence-corrected chi connectivity index (χ3v) is 19.6. The number of carbonyl (C=O) groups is 4. The third-order valence-electron chi connectivity index (χ3n) is 17.7. The second-order valence-corrected chi connectivity index (χ2v) is 31.6. The number of phosphoric ester groups is 2. The second kappa shape index (κ2) is 64.4. The van der Waals surface area contributed by atoms with Crippen LogP contribution in [0.1, 0.15) is 376 Å². The van der Waals surface area contributed by atoms with E-state index in [0.717, 1.165) is 114 Å². The molecule has 0 aromatic heterocycles. The third kappa shape index (κ3) is 67.3. The lowest BCUT2D eigenvalue weighted by Crippen LogP contribution is -2.30. The zero-order valence-corrected chi connectivity index (χ0v) is 63.4. The Morgan fingerprint density at radius 2 is 0.511 bits per heavy atom. The number of aliphatic hydroxyl groups excluding tert-OH is 1. The van der Waals surface area contributed by atoms with E-state index in [1.54, 1.807) is 0 Å². The van der Waals surface area contributed by atoms with Crippen molar-refractivity contribution >= 4 is 39.5 Å². The molecular formula is C75H146O17P2. The van der Waals surface area contributed by atoms with Crippen molar-refractivity contribution in [2.24, 2.45) is 23.7 Å². The van der Waals surface area contributed by atoms with E-state index < -0.39 is 97.5 Å². The van der Waals surface area contributed by atoms with E-state index in [9.17, 15) is 43.2 Å². The smallest absolute Gasteiger partial charge is 0.462 e. The van der Waals surface area contributed by atoms with E-state index in [4.69, 9.17) is 37.0 Å². The summed E-state index contributed by atoms with van der Waals surface area (Å²) < 4.78 is 68.5. The molecule has 0 aliphatic carbocycles. The topological polar surface area (TPSA) is 237 Å². The average molecular weight is 1380 g/mol. The molecule has 558 valence electrons. The summed E-state index contributed by atoms with van der Waals surface area (Å²) in [5, 5.41) is 10.6. The first kappa shape index (κ1) is 92.1. The van der Waals surface area contributed by atoms with Crippen molar-refractivity contribution in [2.75, 3.05) is 39.6 Å². The molecule has 0 bridgehead atoms. The zero-order chi connectivity index (χ0) is 69.6. The van der Waals surface area contributed by atoms with Crippen LogP contribution < -0.4 is 0 Å². The minimum absolute atomic E-state index is 0.104. The SMILES string of the molecule is CCC(C)CCCCCCCCCCCCCCCCC(=O)O[C@H](COC(=O)CCCCCCCCCCCC(C)C)COP(=O)(O)OC[C@@H](O)COP(=O)(O)OC[C@@H](COC(=O)CCCCCCCCCCCC(C)C)OC(=O)CCCCCCCCCCCC(C)C. The van der Waals surface area contributed by atoms with E-state index in [1.807, 2.05) is 0 Å². The Labute approximate surface area is 575 Å². The highest BCUT2D eigenvalue weighted by molar-refractivity contribution is 7.47. The van der Waals surface area contributed by atoms with Gasteiger partial charge in [0, 0.05) is 25.7 Å². The van der Waals surface area contributed by atoms with Crippen molar-refractivity contribution in [3.63, 3.8) is 0 Å². The van der Waals surface area contributed by atoms with Crippen LogP contribution in [-0.4, -0.2) is 96.7 Å². The lowest BCUT2D eigenvalue weighted by molar-refractivity contribution is -0.161. The van der Waals surface area contributed by atoms with Crippen molar-refractivity contribution in [3.8, 4) is 0 Å². The number of hydrogen-bond acceptors (Lipinski definition) is 15. The predicted molar refractivity (Wildman–Crippen MR) is 381 cm³/mol. The van der Waals surface area contributed by atoms with Crippen LogP contribution in [0.2, 0.25) is 0 Å². The summed E-state index contributed by atoms with van der Waals surface area (Å²) in [6, 6.07) is 0. The van der Waals surface area contributed by atoms with E-state index in [1.165, 1.54) is 180 Å². The number of carbonyl (C=O) groups excluding carboxylic acids is 4. The van der Waals surface area contributed by atoms with Crippen LogP contribution in [0.3, 0.4) is 0 Å². The van der Waals surface area contributed by atoms with E-state index in [2.05, 4.69) is 55.4 Å². The standard InChI is InChI=1S/C75H146O17P2/c1-9-68(8)54-46-38-30-22-14-12-10-11-13-15-23-33-41-49-57-74(79)91-70(61-85-72(77)55-47-39-31-24-16-19-27-35-43-51-65(2)3)63-89-93(81,82)87-59-69(76)60-88-94(83,84)90-64-71(92-75(80)58-50-42-34-26-18-21-29-37-45-53-67(6)7)62-86-73(78)56-48-40-32-25-17-20-28-36-44-52-66(4)5/h65-71,76H,9-64H2,1-8H3,(H,81,82)(H,83,84)/t68?,69-,70-,71-/m1/s1. The first-order chi connectivity index (χ1) is 45.1. The fourth-order valence-corrected chi connectivity index (χ4v) is 12.9. The Morgan fingerprint density at radius 1 is 0.298 bits per heavy atom. The second-order valence-electron chi connectivity index (χ2n) is 28.7. The first-order valence-electron chi connectivity index (χ1n) is 38.7. The molecule has 0 amide bonds. The first-order valence-corrected chi connectivity index (χ1v) is 41.7. The molecule has 6 atom stereocenters. The van der Waals surface area contributed by atoms with Gasteiger partial charge in [0.2, 0.25) is 0 Å². The van der Waals surface area contributed by atoms with Crippen molar-refractivity contribution < 1.29 is 80.2 Å². The molecule has 17 nitrogen and oxygen atoms in total. The van der Waals surface area contributed by atoms with Gasteiger partial charge < -0.3 is 33.8 Å². The van der Waals surface area contributed by atoms with Crippen LogP contribution in [0.5, 0.6) is 0 Å². The van der Waals surface area contributed by atoms with Crippen molar-refractivity contribution in [3.05, 3.63) is 0 Å². The van der Waals surface area contributed by atoms with E-state index in [0.29, 0.717) is 25.7 Å². The van der Waals surface area contributed by atoms with Crippen LogP contribution in [0.4, 0.5) is 0 Å². The van der Waals surface area contributed by atoms with Gasteiger partial charge in [-0.25, -0.2) is 9.13 Å². The summed E-state index contributed by atoms with van der Waals surface area (Å²) in [4.78, 5) is 72.8. The maximum atomic E-state index is 13.1. The molecule has 3 unspecified atom stereocenters. The minimum Gasteiger partial charge on any atom is -0.462 e. The average Bonchev–Trinajstić information content (AvgIpc) is 1.46. The number of unbranched alkanes of at least 4 members (excludes halogenated alkanes) is 37. The highest BCUT2D eigenvalue weighted by Gasteiger charge is 2.30. The van der Waals surface area contributed by atoms with Crippen LogP contribution in [0.25, 0.3) is 0 Å². The van der Waals surface area contributed by atoms with Crippen LogP contribution >= 0.6 is 15.6 Å². The Bertz CT molecular complexity index is 1850. The molecule has 0 saturated carbocycles. The summed E-state index contributed by atoms with van der Waals surface area (Å²) >= 11 is 0. The normalized spacial score (nSPS) is 14.4. The van der Waals surface area contributed by atoms with Gasteiger partial charge in [-0.3, -0.25) is 37.3 Å². The van der Waals surface area contributed by atoms with Crippen LogP contribution in [0.15, 0.2) is 0 Å². The van der Waals surface area contributed by atoms with Gasteiger partial charge in [0.1, 0.15) is 19.3 Å². The van der Waals surface area contributed by atoms with Crippen LogP contribution in [0, 0.1) is 23.7 Å². The molecule has 19 heteroatoms. The van der Waals surface area contributed by atoms with Gasteiger partial charge in [0.15, 0.2) is 12.2 Å². The maximum Gasteiger partial charge on any atom is 0.472 e. The molecular weight excluding hydrogens is 1230 g/mol. The van der Waals surface area contributed by atoms with Gasteiger partial charge in [0.05, 0.1) is 26.4 Å². The molecule has 0 saturated heterocycles. The van der Waals surface area contributed by atoms with Crippen LogP contribution in [-0.2, 0) is 65.4 Å². The molecule has 0 aliphatic rings. The lowest BCUT2D eigenvalue weighted by atomic mass is 9.99. The summed E-state index contributed by atoms with van der Waals surface area (Å²) in [6.45, 7) is 14.2. The predicted octanol–water partition coefficient (Wildman–Crippen LogP) is 21.7. The molecule has 0 heterocycles. The number of ether oxygens (including phenoxy) is 4. The highest BCUT2D eigenvalue weighted by atomic mass is 31.2. The Balaban J connectivity index is 5.25. The summed E-state index contributed by atoms with van der Waals surface area (Å²) in [5.41, 5.74) is 0. The van der Waals surface area contributed by atoms with Gasteiger partial charge in [-0.15, -0.1) is 0 Å².